The second kappa shape index (κ2) is 14.0. The molecule has 0 spiro atoms. The van der Waals surface area contributed by atoms with Crippen LogP contribution in [0.15, 0.2) is 193 Å². The Labute approximate surface area is 251 Å². The van der Waals surface area contributed by atoms with Crippen molar-refractivity contribution in [2.75, 3.05) is 0 Å². The van der Waals surface area contributed by atoms with E-state index in [4.69, 9.17) is 4.99 Å². The van der Waals surface area contributed by atoms with Crippen molar-refractivity contribution >= 4 is 47.8 Å². The van der Waals surface area contributed by atoms with E-state index in [-0.39, 0.29) is 0 Å². The third kappa shape index (κ3) is 6.56. The molecule has 6 aromatic carbocycles. The van der Waals surface area contributed by atoms with Crippen LogP contribution in [0.1, 0.15) is 11.1 Å². The molecule has 0 unspecified atom stereocenters. The third-order valence-electron chi connectivity index (χ3n) is 6.92. The van der Waals surface area contributed by atoms with Gasteiger partial charge in [0, 0.05) is 25.0 Å². The van der Waals surface area contributed by atoms with E-state index >= 15 is 0 Å². The predicted octanol–water partition coefficient (Wildman–Crippen LogP) is 8.70. The maximum atomic E-state index is 5.50. The standard InChI is InChI=1S/C39H31NP2/c1-7-19-32(20-8-1)38(41(34-23-11-3-12-24-34)35-25-13-4-14-26-35)31-40-39(33-21-9-2-10-22-33)42(36-27-15-5-16-28-36)37-29-17-6-18-30-37/h1-31H. The summed E-state index contributed by atoms with van der Waals surface area (Å²) >= 11 is 0. The van der Waals surface area contributed by atoms with Crippen LogP contribution in [0.3, 0.4) is 0 Å². The molecule has 0 aliphatic carbocycles. The van der Waals surface area contributed by atoms with Gasteiger partial charge in [-0.1, -0.05) is 182 Å². The van der Waals surface area contributed by atoms with Crippen molar-refractivity contribution in [2.45, 2.75) is 0 Å². The van der Waals surface area contributed by atoms with E-state index in [0.29, 0.717) is 0 Å². The largest absolute Gasteiger partial charge is 0.255 e. The predicted molar refractivity (Wildman–Crippen MR) is 186 cm³/mol. The Morgan fingerprint density at radius 1 is 0.357 bits per heavy atom. The summed E-state index contributed by atoms with van der Waals surface area (Å²) in [5.41, 5.74) is 3.42. The molecule has 0 saturated carbocycles. The Morgan fingerprint density at radius 2 is 0.667 bits per heavy atom. The zero-order valence-electron chi connectivity index (χ0n) is 23.2. The molecule has 0 N–H and O–H groups in total. The molecular weight excluding hydrogens is 544 g/mol. The quantitative estimate of drug-likeness (QED) is 0.121. The average Bonchev–Trinajstić information content (AvgIpc) is 3.08. The van der Waals surface area contributed by atoms with E-state index in [1.165, 1.54) is 32.1 Å². The summed E-state index contributed by atoms with van der Waals surface area (Å²) in [5.74, 6) is 0. The van der Waals surface area contributed by atoms with Crippen LogP contribution >= 0.6 is 15.8 Å². The highest BCUT2D eigenvalue weighted by Crippen LogP contribution is 2.49. The Kier molecular flexibility index (Phi) is 9.23. The van der Waals surface area contributed by atoms with Crippen molar-refractivity contribution in [2.24, 2.45) is 4.99 Å². The van der Waals surface area contributed by atoms with Crippen LogP contribution in [-0.4, -0.2) is 5.45 Å². The van der Waals surface area contributed by atoms with Gasteiger partial charge in [-0.3, -0.25) is 4.99 Å². The monoisotopic (exact) mass is 575 g/mol. The maximum absolute atomic E-state index is 5.50. The molecule has 0 aromatic heterocycles. The normalized spacial score (nSPS) is 12.0. The molecular formula is C39H31NP2. The summed E-state index contributed by atoms with van der Waals surface area (Å²) in [6.45, 7) is 0. The molecule has 0 bridgehead atoms. The Morgan fingerprint density at radius 3 is 1.05 bits per heavy atom. The smallest absolute Gasteiger partial charge is 0.0793 e. The number of benzene rings is 6. The lowest BCUT2D eigenvalue weighted by Crippen LogP contribution is -2.19. The molecule has 3 heteroatoms. The van der Waals surface area contributed by atoms with Crippen molar-refractivity contribution in [3.63, 3.8) is 0 Å². The van der Waals surface area contributed by atoms with Gasteiger partial charge in [0.1, 0.15) is 0 Å². The van der Waals surface area contributed by atoms with Crippen molar-refractivity contribution in [3.8, 4) is 0 Å². The molecule has 0 fully saturated rings. The summed E-state index contributed by atoms with van der Waals surface area (Å²) in [7, 11) is -1.76. The van der Waals surface area contributed by atoms with Gasteiger partial charge >= 0.3 is 0 Å². The molecule has 42 heavy (non-hydrogen) atoms. The first-order valence-corrected chi connectivity index (χ1v) is 16.8. The van der Waals surface area contributed by atoms with E-state index in [1.807, 2.05) is 0 Å². The molecule has 0 heterocycles. The van der Waals surface area contributed by atoms with Gasteiger partial charge < -0.3 is 0 Å². The first-order chi connectivity index (χ1) is 20.9. The lowest BCUT2D eigenvalue weighted by molar-refractivity contribution is 1.55. The van der Waals surface area contributed by atoms with Crippen LogP contribution in [-0.2, 0) is 0 Å². The van der Waals surface area contributed by atoms with E-state index in [1.54, 1.807) is 0 Å². The fourth-order valence-electron chi connectivity index (χ4n) is 4.97. The summed E-state index contributed by atoms with van der Waals surface area (Å²) in [6, 6.07) is 64.8. The van der Waals surface area contributed by atoms with Crippen molar-refractivity contribution in [1.29, 1.82) is 0 Å². The minimum Gasteiger partial charge on any atom is -0.255 e. The molecule has 0 aliphatic heterocycles. The molecule has 202 valence electrons. The average molecular weight is 576 g/mol. The SMILES string of the molecule is C(N=C(c1ccccc1)P(c1ccccc1)c1ccccc1)=C(c1ccccc1)P(c1ccccc1)c1ccccc1. The Balaban J connectivity index is 1.61. The highest BCUT2D eigenvalue weighted by Gasteiger charge is 2.24. The van der Waals surface area contributed by atoms with Crippen LogP contribution in [0.4, 0.5) is 0 Å². The number of hydrogen-bond donors (Lipinski definition) is 0. The topological polar surface area (TPSA) is 12.4 Å². The zero-order valence-corrected chi connectivity index (χ0v) is 25.0. The van der Waals surface area contributed by atoms with Gasteiger partial charge in [-0.25, -0.2) is 0 Å². The van der Waals surface area contributed by atoms with Gasteiger partial charge in [0.15, 0.2) is 0 Å². The molecule has 1 nitrogen and oxygen atoms in total. The van der Waals surface area contributed by atoms with Crippen LogP contribution in [0, 0.1) is 0 Å². The van der Waals surface area contributed by atoms with Gasteiger partial charge in [-0.05, 0) is 34.7 Å². The van der Waals surface area contributed by atoms with E-state index in [0.717, 1.165) is 11.0 Å². The van der Waals surface area contributed by atoms with Crippen LogP contribution in [0.2, 0.25) is 0 Å². The number of hydrogen-bond acceptors (Lipinski definition) is 1. The highest BCUT2D eigenvalue weighted by atomic mass is 31.1. The minimum atomic E-state index is -0.905. The van der Waals surface area contributed by atoms with E-state index in [9.17, 15) is 0 Å². The summed E-state index contributed by atoms with van der Waals surface area (Å²) < 4.78 is 0. The van der Waals surface area contributed by atoms with Crippen molar-refractivity contribution < 1.29 is 0 Å². The van der Waals surface area contributed by atoms with E-state index in [2.05, 4.69) is 188 Å². The first kappa shape index (κ1) is 27.7. The van der Waals surface area contributed by atoms with Gasteiger partial charge in [-0.2, -0.15) is 0 Å². The molecule has 0 saturated heterocycles. The van der Waals surface area contributed by atoms with Crippen LogP contribution < -0.4 is 21.2 Å². The zero-order chi connectivity index (χ0) is 28.4. The van der Waals surface area contributed by atoms with Gasteiger partial charge in [0.2, 0.25) is 0 Å². The maximum Gasteiger partial charge on any atom is 0.0793 e. The molecule has 0 amide bonds. The summed E-state index contributed by atoms with van der Waals surface area (Å²) in [5, 5.41) is 6.40. The van der Waals surface area contributed by atoms with Gasteiger partial charge in [0.05, 0.1) is 5.45 Å². The Bertz CT molecular complexity index is 1520. The third-order valence-corrected chi connectivity index (χ3v) is 11.8. The molecule has 0 aliphatic rings. The molecule has 0 atom stereocenters. The Hall–Kier alpha value is -4.41. The summed E-state index contributed by atoms with van der Waals surface area (Å²) in [4.78, 5) is 5.50. The second-order valence-corrected chi connectivity index (χ2v) is 14.0. The fourth-order valence-corrected chi connectivity index (χ4v) is 9.65. The first-order valence-electron chi connectivity index (χ1n) is 14.1. The minimum absolute atomic E-state index is 0.857. The molecule has 0 radical (unpaired) electrons. The van der Waals surface area contributed by atoms with Crippen LogP contribution in [0.5, 0.6) is 0 Å². The molecule has 6 aromatic rings. The highest BCUT2D eigenvalue weighted by molar-refractivity contribution is 7.88. The van der Waals surface area contributed by atoms with Gasteiger partial charge in [0.25, 0.3) is 0 Å². The van der Waals surface area contributed by atoms with Crippen LogP contribution in [0.25, 0.3) is 5.31 Å². The number of aliphatic imine (C=N–C) groups is 1. The molecule has 6 rings (SSSR count). The lowest BCUT2D eigenvalue weighted by atomic mass is 10.2. The van der Waals surface area contributed by atoms with E-state index < -0.39 is 15.8 Å². The van der Waals surface area contributed by atoms with Gasteiger partial charge in [-0.15, -0.1) is 0 Å². The number of rotatable bonds is 9. The number of nitrogens with zero attached hydrogens (tertiary/aromatic N) is 1. The lowest BCUT2D eigenvalue weighted by Gasteiger charge is -2.24. The fraction of sp³-hybridized carbons (Fsp3) is 0. The second-order valence-electron chi connectivity index (χ2n) is 9.71. The van der Waals surface area contributed by atoms with Crippen molar-refractivity contribution in [3.05, 3.63) is 199 Å². The van der Waals surface area contributed by atoms with Crippen molar-refractivity contribution in [1.82, 2.24) is 0 Å². The summed E-state index contributed by atoms with van der Waals surface area (Å²) in [6.07, 6.45) is 2.16.